The maximum Gasteiger partial charge on any atom is 0.222 e. The molecule has 0 saturated heterocycles. The van der Waals surface area contributed by atoms with E-state index in [9.17, 15) is 0 Å². The van der Waals surface area contributed by atoms with Crippen LogP contribution in [0.5, 0.6) is 11.6 Å². The highest BCUT2D eigenvalue weighted by Gasteiger charge is 2.20. The van der Waals surface area contributed by atoms with Crippen molar-refractivity contribution in [1.82, 2.24) is 4.98 Å². The van der Waals surface area contributed by atoms with Gasteiger partial charge in [-0.15, -0.1) is 0 Å². The fraction of sp³-hybridized carbons (Fsp3) is 0.357. The van der Waals surface area contributed by atoms with Crippen molar-refractivity contribution >= 4 is 10.8 Å². The van der Waals surface area contributed by atoms with Gasteiger partial charge in [0.05, 0.1) is 18.4 Å². The fourth-order valence-corrected chi connectivity index (χ4v) is 2.15. The molecule has 0 amide bonds. The van der Waals surface area contributed by atoms with Gasteiger partial charge in [-0.1, -0.05) is 18.2 Å². The summed E-state index contributed by atoms with van der Waals surface area (Å²) in [4.78, 5) is 4.57. The summed E-state index contributed by atoms with van der Waals surface area (Å²) in [5.74, 6) is 1.65. The Labute approximate surface area is 100 Å². The molecule has 0 spiro atoms. The number of ether oxygens (including phenoxy) is 2. The highest BCUT2D eigenvalue weighted by molar-refractivity contribution is 5.93. The van der Waals surface area contributed by atoms with Gasteiger partial charge in [-0.2, -0.15) is 0 Å². The van der Waals surface area contributed by atoms with E-state index < -0.39 is 0 Å². The van der Waals surface area contributed by atoms with Gasteiger partial charge in [-0.05, 0) is 19.9 Å². The van der Waals surface area contributed by atoms with Crippen molar-refractivity contribution in [2.24, 2.45) is 0 Å². The Morgan fingerprint density at radius 1 is 1.24 bits per heavy atom. The summed E-state index contributed by atoms with van der Waals surface area (Å²) in [7, 11) is 0. The predicted molar refractivity (Wildman–Crippen MR) is 66.7 cm³/mol. The second kappa shape index (κ2) is 3.91. The van der Waals surface area contributed by atoms with Crippen LogP contribution < -0.4 is 9.47 Å². The minimum Gasteiger partial charge on any atom is -0.491 e. The summed E-state index contributed by atoms with van der Waals surface area (Å²) < 4.78 is 11.4. The largest absolute Gasteiger partial charge is 0.491 e. The molecule has 3 heteroatoms. The Morgan fingerprint density at radius 3 is 2.76 bits per heavy atom. The van der Waals surface area contributed by atoms with Gasteiger partial charge < -0.3 is 9.47 Å². The van der Waals surface area contributed by atoms with E-state index in [-0.39, 0.29) is 6.10 Å². The van der Waals surface area contributed by atoms with E-state index in [1.54, 1.807) is 0 Å². The first-order valence-corrected chi connectivity index (χ1v) is 5.97. The molecule has 1 aliphatic heterocycles. The standard InChI is InChI=1S/C14H15NO2/c1-9(2)17-14-11-6-4-3-5-10(11)13-12(15-14)7-8-16-13/h3-6,9H,7-8H2,1-2H3. The molecule has 88 valence electrons. The Balaban J connectivity index is 2.25. The molecule has 1 aliphatic rings. The van der Waals surface area contributed by atoms with E-state index in [1.165, 1.54) is 0 Å². The molecule has 1 aromatic carbocycles. The van der Waals surface area contributed by atoms with E-state index in [2.05, 4.69) is 11.1 Å². The minimum atomic E-state index is 0.131. The van der Waals surface area contributed by atoms with E-state index in [1.807, 2.05) is 32.0 Å². The van der Waals surface area contributed by atoms with Crippen LogP contribution in [0.25, 0.3) is 10.8 Å². The van der Waals surface area contributed by atoms with Crippen LogP contribution in [0.3, 0.4) is 0 Å². The van der Waals surface area contributed by atoms with E-state index in [0.29, 0.717) is 0 Å². The normalized spacial score (nSPS) is 13.8. The van der Waals surface area contributed by atoms with Crippen LogP contribution in [0.15, 0.2) is 24.3 Å². The lowest BCUT2D eigenvalue weighted by Gasteiger charge is -2.13. The lowest BCUT2D eigenvalue weighted by Crippen LogP contribution is -2.08. The van der Waals surface area contributed by atoms with Crippen molar-refractivity contribution in [3.05, 3.63) is 30.0 Å². The summed E-state index contributed by atoms with van der Waals surface area (Å²) in [5.41, 5.74) is 1.01. The van der Waals surface area contributed by atoms with E-state index >= 15 is 0 Å². The number of benzene rings is 1. The van der Waals surface area contributed by atoms with Crippen LogP contribution in [0.2, 0.25) is 0 Å². The third-order valence-corrected chi connectivity index (χ3v) is 2.83. The van der Waals surface area contributed by atoms with Crippen LogP contribution in [0, 0.1) is 0 Å². The maximum atomic E-state index is 5.79. The zero-order chi connectivity index (χ0) is 11.8. The Bertz CT molecular complexity index is 563. The van der Waals surface area contributed by atoms with Gasteiger partial charge >= 0.3 is 0 Å². The molecular weight excluding hydrogens is 214 g/mol. The van der Waals surface area contributed by atoms with Crippen molar-refractivity contribution in [2.75, 3.05) is 6.61 Å². The Kier molecular flexibility index (Phi) is 2.39. The first kappa shape index (κ1) is 10.4. The SMILES string of the molecule is CC(C)Oc1nc2c(c3ccccc13)OCC2. The van der Waals surface area contributed by atoms with Crippen molar-refractivity contribution in [3.8, 4) is 11.6 Å². The Hall–Kier alpha value is -1.77. The van der Waals surface area contributed by atoms with Crippen molar-refractivity contribution in [1.29, 1.82) is 0 Å². The van der Waals surface area contributed by atoms with Crippen LogP contribution >= 0.6 is 0 Å². The topological polar surface area (TPSA) is 31.4 Å². The molecular formula is C14H15NO2. The summed E-state index contributed by atoms with van der Waals surface area (Å²) in [6.07, 6.45) is 1.00. The van der Waals surface area contributed by atoms with Gasteiger partial charge in [0.2, 0.25) is 5.88 Å². The third kappa shape index (κ3) is 1.71. The number of rotatable bonds is 2. The average Bonchev–Trinajstić information content (AvgIpc) is 2.77. The summed E-state index contributed by atoms with van der Waals surface area (Å²) in [5, 5.41) is 2.13. The van der Waals surface area contributed by atoms with Crippen LogP contribution in [-0.2, 0) is 6.42 Å². The summed E-state index contributed by atoms with van der Waals surface area (Å²) in [6, 6.07) is 8.11. The van der Waals surface area contributed by atoms with Crippen LogP contribution in [-0.4, -0.2) is 17.7 Å². The number of fused-ring (bicyclic) bond motifs is 3. The second-order valence-electron chi connectivity index (χ2n) is 4.50. The number of pyridine rings is 1. The molecule has 1 aromatic heterocycles. The molecule has 0 radical (unpaired) electrons. The molecule has 2 aromatic rings. The van der Waals surface area contributed by atoms with Gasteiger partial charge in [0, 0.05) is 17.2 Å². The molecule has 3 rings (SSSR count). The molecule has 0 N–H and O–H groups in total. The summed E-state index contributed by atoms with van der Waals surface area (Å²) in [6.45, 7) is 4.75. The molecule has 17 heavy (non-hydrogen) atoms. The zero-order valence-corrected chi connectivity index (χ0v) is 10.1. The second-order valence-corrected chi connectivity index (χ2v) is 4.50. The quantitative estimate of drug-likeness (QED) is 0.793. The van der Waals surface area contributed by atoms with Gasteiger partial charge in [-0.25, -0.2) is 4.98 Å². The molecule has 0 aliphatic carbocycles. The van der Waals surface area contributed by atoms with Crippen molar-refractivity contribution in [2.45, 2.75) is 26.4 Å². The van der Waals surface area contributed by atoms with Crippen molar-refractivity contribution < 1.29 is 9.47 Å². The van der Waals surface area contributed by atoms with Crippen molar-refractivity contribution in [3.63, 3.8) is 0 Å². The van der Waals surface area contributed by atoms with Gasteiger partial charge in [0.25, 0.3) is 0 Å². The lowest BCUT2D eigenvalue weighted by molar-refractivity contribution is 0.235. The zero-order valence-electron chi connectivity index (χ0n) is 10.1. The fourth-order valence-electron chi connectivity index (χ4n) is 2.15. The van der Waals surface area contributed by atoms with E-state index in [4.69, 9.17) is 9.47 Å². The van der Waals surface area contributed by atoms with Crippen LogP contribution in [0.1, 0.15) is 19.5 Å². The lowest BCUT2D eigenvalue weighted by atomic mass is 10.1. The molecule has 0 saturated carbocycles. The van der Waals surface area contributed by atoms with Gasteiger partial charge in [0.1, 0.15) is 5.75 Å². The first-order chi connectivity index (χ1) is 8.25. The molecule has 2 heterocycles. The highest BCUT2D eigenvalue weighted by Crippen LogP contribution is 2.37. The van der Waals surface area contributed by atoms with Gasteiger partial charge in [0.15, 0.2) is 0 Å². The third-order valence-electron chi connectivity index (χ3n) is 2.83. The average molecular weight is 229 g/mol. The monoisotopic (exact) mass is 229 g/mol. The molecule has 0 fully saturated rings. The van der Waals surface area contributed by atoms with Gasteiger partial charge in [-0.3, -0.25) is 0 Å². The molecule has 0 atom stereocenters. The number of hydrogen-bond acceptors (Lipinski definition) is 3. The number of aromatic nitrogens is 1. The van der Waals surface area contributed by atoms with Crippen LogP contribution in [0.4, 0.5) is 0 Å². The predicted octanol–water partition coefficient (Wildman–Crippen LogP) is 2.96. The highest BCUT2D eigenvalue weighted by atomic mass is 16.5. The summed E-state index contributed by atoms with van der Waals surface area (Å²) >= 11 is 0. The smallest absolute Gasteiger partial charge is 0.222 e. The first-order valence-electron chi connectivity index (χ1n) is 5.97. The number of hydrogen-bond donors (Lipinski definition) is 0. The molecule has 3 nitrogen and oxygen atoms in total. The maximum absolute atomic E-state index is 5.79. The number of nitrogens with zero attached hydrogens (tertiary/aromatic N) is 1. The molecule has 0 unspecified atom stereocenters. The Morgan fingerprint density at radius 2 is 2.00 bits per heavy atom. The molecule has 0 bridgehead atoms. The van der Waals surface area contributed by atoms with E-state index in [0.717, 1.165) is 41.1 Å². The minimum absolute atomic E-state index is 0.131.